The monoisotopic (exact) mass is 408 g/mol. The summed E-state index contributed by atoms with van der Waals surface area (Å²) < 4.78 is 5.08. The summed E-state index contributed by atoms with van der Waals surface area (Å²) in [5, 5.41) is 6.76. The lowest BCUT2D eigenvalue weighted by molar-refractivity contribution is -0.144. The number of ether oxygens (including phenoxy) is 1. The molecule has 2 aromatic rings. The van der Waals surface area contributed by atoms with E-state index >= 15 is 0 Å². The van der Waals surface area contributed by atoms with Gasteiger partial charge in [0.1, 0.15) is 6.61 Å². The van der Waals surface area contributed by atoms with Crippen molar-refractivity contribution >= 4 is 23.8 Å². The van der Waals surface area contributed by atoms with E-state index < -0.39 is 0 Å². The number of fused-ring (bicyclic) bond motifs is 1. The van der Waals surface area contributed by atoms with Gasteiger partial charge in [0.25, 0.3) is 5.91 Å². The lowest BCUT2D eigenvalue weighted by atomic mass is 9.81. The van der Waals surface area contributed by atoms with E-state index in [4.69, 9.17) is 9.57 Å². The minimum atomic E-state index is -0.152. The molecule has 3 rings (SSSR count). The third-order valence-corrected chi connectivity index (χ3v) is 5.13. The quantitative estimate of drug-likeness (QED) is 0.400. The highest BCUT2D eigenvalue weighted by atomic mass is 16.6. The van der Waals surface area contributed by atoms with E-state index in [1.54, 1.807) is 6.21 Å². The van der Waals surface area contributed by atoms with Crippen molar-refractivity contribution in [2.45, 2.75) is 39.5 Å². The van der Waals surface area contributed by atoms with Gasteiger partial charge in [0.15, 0.2) is 0 Å². The molecule has 0 saturated heterocycles. The third-order valence-electron chi connectivity index (χ3n) is 5.13. The highest BCUT2D eigenvalue weighted by Gasteiger charge is 2.22. The van der Waals surface area contributed by atoms with Gasteiger partial charge in [-0.3, -0.25) is 9.59 Å². The molecule has 0 saturated carbocycles. The summed E-state index contributed by atoms with van der Waals surface area (Å²) >= 11 is 0. The fourth-order valence-corrected chi connectivity index (χ4v) is 3.63. The zero-order chi connectivity index (χ0) is 21.3. The van der Waals surface area contributed by atoms with Crippen molar-refractivity contribution in [1.29, 1.82) is 0 Å². The van der Waals surface area contributed by atoms with Gasteiger partial charge in [-0.2, -0.15) is 0 Å². The van der Waals surface area contributed by atoms with Gasteiger partial charge in [-0.05, 0) is 80.0 Å². The number of aryl methyl sites for hydroxylation is 1. The van der Waals surface area contributed by atoms with E-state index in [0.717, 1.165) is 30.4 Å². The molecular formula is C24H28N2O4. The third kappa shape index (κ3) is 5.92. The van der Waals surface area contributed by atoms with E-state index in [1.165, 1.54) is 5.56 Å². The normalized spacial score (nSPS) is 15.5. The SMILES string of the molecule is CCO/N=C/c1ccc(NC(=O)c2ccc3c(c2)CC(CC(=O)OCC)CC3)cc1. The molecular weight excluding hydrogens is 380 g/mol. The van der Waals surface area contributed by atoms with Gasteiger partial charge in [0, 0.05) is 17.7 Å². The predicted molar refractivity (Wildman–Crippen MR) is 117 cm³/mol. The second-order valence-corrected chi connectivity index (χ2v) is 7.33. The molecule has 1 N–H and O–H groups in total. The zero-order valence-corrected chi connectivity index (χ0v) is 17.5. The summed E-state index contributed by atoms with van der Waals surface area (Å²) in [5.41, 5.74) is 4.62. The lowest BCUT2D eigenvalue weighted by Crippen LogP contribution is -2.20. The molecule has 1 unspecified atom stereocenters. The van der Waals surface area contributed by atoms with Gasteiger partial charge in [-0.25, -0.2) is 0 Å². The number of hydrogen-bond acceptors (Lipinski definition) is 5. The first-order valence-corrected chi connectivity index (χ1v) is 10.4. The number of oxime groups is 1. The second-order valence-electron chi connectivity index (χ2n) is 7.33. The first kappa shape index (κ1) is 21.6. The largest absolute Gasteiger partial charge is 0.466 e. The standard InChI is InChI=1S/C24H28N2O4/c1-3-29-23(27)14-18-5-8-19-9-10-20(15-21(19)13-18)24(28)26-22-11-6-17(7-12-22)16-25-30-4-2/h6-7,9-12,15-16,18H,3-5,8,13-14H2,1-2H3,(H,26,28)/b25-16+. The first-order chi connectivity index (χ1) is 14.6. The maximum atomic E-state index is 12.7. The molecule has 0 bridgehead atoms. The molecule has 0 aliphatic heterocycles. The zero-order valence-electron chi connectivity index (χ0n) is 17.5. The number of esters is 1. The van der Waals surface area contributed by atoms with E-state index in [1.807, 2.05) is 56.3 Å². The van der Waals surface area contributed by atoms with Gasteiger partial charge in [0.05, 0.1) is 12.8 Å². The highest BCUT2D eigenvalue weighted by Crippen LogP contribution is 2.29. The summed E-state index contributed by atoms with van der Waals surface area (Å²) in [6, 6.07) is 13.2. The van der Waals surface area contributed by atoms with E-state index in [-0.39, 0.29) is 17.8 Å². The second kappa shape index (κ2) is 10.6. The Morgan fingerprint density at radius 1 is 1.10 bits per heavy atom. The number of anilines is 1. The van der Waals surface area contributed by atoms with Crippen LogP contribution in [-0.4, -0.2) is 31.3 Å². The van der Waals surface area contributed by atoms with E-state index in [9.17, 15) is 9.59 Å². The van der Waals surface area contributed by atoms with Crippen LogP contribution < -0.4 is 5.32 Å². The molecule has 6 heteroatoms. The number of nitrogens with one attached hydrogen (secondary N) is 1. The molecule has 30 heavy (non-hydrogen) atoms. The summed E-state index contributed by atoms with van der Waals surface area (Å²) in [6.07, 6.45) is 4.75. The Hall–Kier alpha value is -3.15. The number of hydrogen-bond donors (Lipinski definition) is 1. The molecule has 0 heterocycles. The fourth-order valence-electron chi connectivity index (χ4n) is 3.63. The Morgan fingerprint density at radius 2 is 1.90 bits per heavy atom. The minimum Gasteiger partial charge on any atom is -0.466 e. The Kier molecular flexibility index (Phi) is 7.60. The molecule has 158 valence electrons. The van der Waals surface area contributed by atoms with Crippen molar-refractivity contribution in [1.82, 2.24) is 0 Å². The van der Waals surface area contributed by atoms with Crippen molar-refractivity contribution in [3.63, 3.8) is 0 Å². The molecule has 0 spiro atoms. The Morgan fingerprint density at radius 3 is 2.63 bits per heavy atom. The summed E-state index contributed by atoms with van der Waals surface area (Å²) in [7, 11) is 0. The highest BCUT2D eigenvalue weighted by molar-refractivity contribution is 6.04. The molecule has 6 nitrogen and oxygen atoms in total. The first-order valence-electron chi connectivity index (χ1n) is 10.4. The van der Waals surface area contributed by atoms with Crippen LogP contribution in [0.25, 0.3) is 0 Å². The molecule has 0 radical (unpaired) electrons. The lowest BCUT2D eigenvalue weighted by Gasteiger charge is -2.24. The van der Waals surface area contributed by atoms with Crippen LogP contribution in [-0.2, 0) is 27.2 Å². The minimum absolute atomic E-state index is 0.144. The summed E-state index contributed by atoms with van der Waals surface area (Å²) in [6.45, 7) is 4.62. The predicted octanol–water partition coefficient (Wildman–Crippen LogP) is 4.37. The maximum Gasteiger partial charge on any atom is 0.306 e. The van der Waals surface area contributed by atoms with Gasteiger partial charge in [-0.1, -0.05) is 23.4 Å². The summed E-state index contributed by atoms with van der Waals surface area (Å²) in [5.74, 6) is -0.0311. The Balaban J connectivity index is 1.63. The van der Waals surface area contributed by atoms with Crippen molar-refractivity contribution in [3.8, 4) is 0 Å². The van der Waals surface area contributed by atoms with Gasteiger partial charge < -0.3 is 14.9 Å². The molecule has 1 aliphatic rings. The molecule has 1 amide bonds. The Bertz CT molecular complexity index is 906. The van der Waals surface area contributed by atoms with Crippen molar-refractivity contribution in [2.24, 2.45) is 11.1 Å². The number of carbonyl (C=O) groups is 2. The van der Waals surface area contributed by atoms with Crippen molar-refractivity contribution < 1.29 is 19.2 Å². The number of benzene rings is 2. The smallest absolute Gasteiger partial charge is 0.306 e. The Labute approximate surface area is 177 Å². The van der Waals surface area contributed by atoms with Crippen LogP contribution in [0.4, 0.5) is 5.69 Å². The maximum absolute atomic E-state index is 12.7. The van der Waals surface area contributed by atoms with Gasteiger partial charge in [-0.15, -0.1) is 0 Å². The molecule has 1 atom stereocenters. The molecule has 1 aliphatic carbocycles. The average molecular weight is 408 g/mol. The van der Waals surface area contributed by atoms with Crippen LogP contribution >= 0.6 is 0 Å². The van der Waals surface area contributed by atoms with Crippen LogP contribution in [0.3, 0.4) is 0 Å². The van der Waals surface area contributed by atoms with Gasteiger partial charge >= 0.3 is 5.97 Å². The number of carbonyl (C=O) groups excluding carboxylic acids is 2. The fraction of sp³-hybridized carbons (Fsp3) is 0.375. The number of nitrogens with zero attached hydrogens (tertiary/aromatic N) is 1. The molecule has 2 aromatic carbocycles. The van der Waals surface area contributed by atoms with Gasteiger partial charge in [0.2, 0.25) is 0 Å². The van der Waals surface area contributed by atoms with Crippen LogP contribution in [0.5, 0.6) is 0 Å². The van der Waals surface area contributed by atoms with E-state index in [2.05, 4.69) is 10.5 Å². The molecule has 0 fully saturated rings. The van der Waals surface area contributed by atoms with Crippen LogP contribution in [0, 0.1) is 5.92 Å². The van der Waals surface area contributed by atoms with Crippen LogP contribution in [0.1, 0.15) is 53.7 Å². The summed E-state index contributed by atoms with van der Waals surface area (Å²) in [4.78, 5) is 29.5. The number of rotatable bonds is 8. The topological polar surface area (TPSA) is 77.0 Å². The average Bonchev–Trinajstić information content (AvgIpc) is 2.75. The van der Waals surface area contributed by atoms with Crippen molar-refractivity contribution in [2.75, 3.05) is 18.5 Å². The number of amides is 1. The van der Waals surface area contributed by atoms with Crippen LogP contribution in [0.2, 0.25) is 0 Å². The van der Waals surface area contributed by atoms with E-state index in [0.29, 0.717) is 30.9 Å². The van der Waals surface area contributed by atoms with Crippen LogP contribution in [0.15, 0.2) is 47.6 Å². The van der Waals surface area contributed by atoms with Crippen molar-refractivity contribution in [3.05, 3.63) is 64.7 Å². The molecule has 0 aromatic heterocycles.